The van der Waals surface area contributed by atoms with Crippen LogP contribution >= 0.6 is 0 Å². The van der Waals surface area contributed by atoms with Crippen molar-refractivity contribution in [1.29, 1.82) is 0 Å². The van der Waals surface area contributed by atoms with E-state index >= 15 is 0 Å². The number of aliphatic carboxylic acids is 1. The Balaban J connectivity index is 2.11. The standard InChI is InChI=1S/C14H27NO2/c1-2-6-13-7-5-11-15(12-9-13)10-4-3-8-14(16)17/h13H,2-12H2,1H3,(H,16,17). The molecule has 1 heterocycles. The molecule has 0 spiro atoms. The Morgan fingerprint density at radius 1 is 1.29 bits per heavy atom. The predicted molar refractivity (Wildman–Crippen MR) is 70.2 cm³/mol. The largest absolute Gasteiger partial charge is 0.481 e. The minimum Gasteiger partial charge on any atom is -0.481 e. The molecule has 1 unspecified atom stereocenters. The second-order valence-electron chi connectivity index (χ2n) is 5.28. The quantitative estimate of drug-likeness (QED) is 0.696. The fourth-order valence-corrected chi connectivity index (χ4v) is 2.76. The second kappa shape index (κ2) is 8.51. The van der Waals surface area contributed by atoms with Gasteiger partial charge in [-0.05, 0) is 57.7 Å². The monoisotopic (exact) mass is 241 g/mol. The van der Waals surface area contributed by atoms with Crippen LogP contribution in [0.4, 0.5) is 0 Å². The smallest absolute Gasteiger partial charge is 0.303 e. The molecule has 3 heteroatoms. The minimum absolute atomic E-state index is 0.326. The molecule has 3 nitrogen and oxygen atoms in total. The molecule has 0 aromatic rings. The van der Waals surface area contributed by atoms with E-state index in [9.17, 15) is 4.79 Å². The molecule has 1 N–H and O–H groups in total. The van der Waals surface area contributed by atoms with E-state index in [2.05, 4.69) is 11.8 Å². The lowest BCUT2D eigenvalue weighted by atomic mass is 9.96. The number of carboxylic acid groups (broad SMARTS) is 1. The van der Waals surface area contributed by atoms with Gasteiger partial charge in [-0.3, -0.25) is 4.79 Å². The number of hydrogen-bond donors (Lipinski definition) is 1. The van der Waals surface area contributed by atoms with Gasteiger partial charge in [-0.1, -0.05) is 19.8 Å². The molecule has 17 heavy (non-hydrogen) atoms. The number of carboxylic acids is 1. The Morgan fingerprint density at radius 3 is 2.82 bits per heavy atom. The highest BCUT2D eigenvalue weighted by Crippen LogP contribution is 2.22. The van der Waals surface area contributed by atoms with Gasteiger partial charge in [0.15, 0.2) is 0 Å². The van der Waals surface area contributed by atoms with Crippen LogP contribution in [0.25, 0.3) is 0 Å². The first-order valence-corrected chi connectivity index (χ1v) is 7.16. The summed E-state index contributed by atoms with van der Waals surface area (Å²) in [5.74, 6) is 0.271. The highest BCUT2D eigenvalue weighted by molar-refractivity contribution is 5.66. The highest BCUT2D eigenvalue weighted by Gasteiger charge is 2.15. The number of rotatable bonds is 7. The molecule has 0 bridgehead atoms. The molecular weight excluding hydrogens is 214 g/mol. The Kier molecular flexibility index (Phi) is 7.25. The van der Waals surface area contributed by atoms with E-state index in [1.807, 2.05) is 0 Å². The van der Waals surface area contributed by atoms with Crippen molar-refractivity contribution in [2.75, 3.05) is 19.6 Å². The highest BCUT2D eigenvalue weighted by atomic mass is 16.4. The van der Waals surface area contributed by atoms with Crippen molar-refractivity contribution in [3.63, 3.8) is 0 Å². The fraction of sp³-hybridized carbons (Fsp3) is 0.929. The molecule has 1 rings (SSSR count). The molecule has 0 aromatic carbocycles. The number of likely N-dealkylation sites (tertiary alicyclic amines) is 1. The van der Waals surface area contributed by atoms with Crippen LogP contribution < -0.4 is 0 Å². The molecule has 1 atom stereocenters. The van der Waals surface area contributed by atoms with E-state index in [0.717, 1.165) is 25.3 Å². The minimum atomic E-state index is -0.663. The van der Waals surface area contributed by atoms with Crippen LogP contribution in [0.15, 0.2) is 0 Å². The van der Waals surface area contributed by atoms with Crippen molar-refractivity contribution < 1.29 is 9.90 Å². The van der Waals surface area contributed by atoms with E-state index in [0.29, 0.717) is 6.42 Å². The van der Waals surface area contributed by atoms with Crippen LogP contribution in [0.1, 0.15) is 58.3 Å². The molecule has 0 aliphatic carbocycles. The molecule has 0 radical (unpaired) electrons. The fourth-order valence-electron chi connectivity index (χ4n) is 2.76. The maximum Gasteiger partial charge on any atom is 0.303 e. The summed E-state index contributed by atoms with van der Waals surface area (Å²) in [5, 5.41) is 8.58. The number of unbranched alkanes of at least 4 members (excludes halogenated alkanes) is 1. The average molecular weight is 241 g/mol. The molecule has 0 aromatic heterocycles. The Morgan fingerprint density at radius 2 is 2.12 bits per heavy atom. The maximum absolute atomic E-state index is 10.4. The second-order valence-corrected chi connectivity index (χ2v) is 5.28. The molecule has 1 aliphatic heterocycles. The van der Waals surface area contributed by atoms with E-state index in [-0.39, 0.29) is 0 Å². The Bertz CT molecular complexity index is 218. The lowest BCUT2D eigenvalue weighted by molar-refractivity contribution is -0.137. The van der Waals surface area contributed by atoms with Gasteiger partial charge >= 0.3 is 5.97 Å². The van der Waals surface area contributed by atoms with E-state index in [4.69, 9.17) is 5.11 Å². The Labute approximate surface area is 105 Å². The van der Waals surface area contributed by atoms with Gasteiger partial charge in [0, 0.05) is 6.42 Å². The summed E-state index contributed by atoms with van der Waals surface area (Å²) < 4.78 is 0. The first-order valence-electron chi connectivity index (χ1n) is 7.16. The summed E-state index contributed by atoms with van der Waals surface area (Å²) in [4.78, 5) is 12.9. The summed E-state index contributed by atoms with van der Waals surface area (Å²) in [5.41, 5.74) is 0. The predicted octanol–water partition coefficient (Wildman–Crippen LogP) is 3.14. The summed E-state index contributed by atoms with van der Waals surface area (Å²) >= 11 is 0. The zero-order valence-corrected chi connectivity index (χ0v) is 11.2. The summed E-state index contributed by atoms with van der Waals surface area (Å²) in [6, 6.07) is 0. The topological polar surface area (TPSA) is 40.5 Å². The molecule has 0 amide bonds. The van der Waals surface area contributed by atoms with Gasteiger partial charge in [-0.15, -0.1) is 0 Å². The van der Waals surface area contributed by atoms with Crippen LogP contribution in [-0.2, 0) is 4.79 Å². The van der Waals surface area contributed by atoms with E-state index in [1.165, 1.54) is 45.2 Å². The van der Waals surface area contributed by atoms with Crippen LogP contribution in [-0.4, -0.2) is 35.6 Å². The van der Waals surface area contributed by atoms with Crippen LogP contribution in [0.5, 0.6) is 0 Å². The SMILES string of the molecule is CCCC1CCCN(CCCCC(=O)O)CC1. The van der Waals surface area contributed by atoms with Crippen LogP contribution in [0, 0.1) is 5.92 Å². The van der Waals surface area contributed by atoms with Crippen molar-refractivity contribution in [2.45, 2.75) is 58.3 Å². The molecule has 0 saturated carbocycles. The summed E-state index contributed by atoms with van der Waals surface area (Å²) in [6.45, 7) is 5.80. The molecule has 1 aliphatic rings. The third kappa shape index (κ3) is 6.67. The average Bonchev–Trinajstić information content (AvgIpc) is 2.51. The van der Waals surface area contributed by atoms with Gasteiger partial charge in [0.25, 0.3) is 0 Å². The zero-order chi connectivity index (χ0) is 12.5. The van der Waals surface area contributed by atoms with E-state index in [1.54, 1.807) is 0 Å². The van der Waals surface area contributed by atoms with Crippen molar-refractivity contribution in [2.24, 2.45) is 5.92 Å². The molecule has 100 valence electrons. The molecular formula is C14H27NO2. The van der Waals surface area contributed by atoms with Gasteiger partial charge in [0.1, 0.15) is 0 Å². The van der Waals surface area contributed by atoms with Gasteiger partial charge in [0.2, 0.25) is 0 Å². The lowest BCUT2D eigenvalue weighted by Gasteiger charge is -2.19. The summed E-state index contributed by atoms with van der Waals surface area (Å²) in [7, 11) is 0. The van der Waals surface area contributed by atoms with Crippen molar-refractivity contribution >= 4 is 5.97 Å². The Hall–Kier alpha value is -0.570. The van der Waals surface area contributed by atoms with Crippen molar-refractivity contribution in [3.05, 3.63) is 0 Å². The van der Waals surface area contributed by atoms with Crippen molar-refractivity contribution in [3.8, 4) is 0 Å². The first kappa shape index (κ1) is 14.5. The number of carbonyl (C=O) groups is 1. The third-order valence-corrected chi connectivity index (χ3v) is 3.75. The number of nitrogens with zero attached hydrogens (tertiary/aromatic N) is 1. The van der Waals surface area contributed by atoms with Gasteiger partial charge in [-0.2, -0.15) is 0 Å². The molecule has 1 fully saturated rings. The van der Waals surface area contributed by atoms with Crippen LogP contribution in [0.3, 0.4) is 0 Å². The van der Waals surface area contributed by atoms with Gasteiger partial charge in [0.05, 0.1) is 0 Å². The van der Waals surface area contributed by atoms with Crippen molar-refractivity contribution in [1.82, 2.24) is 4.90 Å². The van der Waals surface area contributed by atoms with Gasteiger partial charge in [-0.25, -0.2) is 0 Å². The lowest BCUT2D eigenvalue weighted by Crippen LogP contribution is -2.26. The maximum atomic E-state index is 10.4. The third-order valence-electron chi connectivity index (χ3n) is 3.75. The summed E-state index contributed by atoms with van der Waals surface area (Å²) in [6.07, 6.45) is 8.92. The van der Waals surface area contributed by atoms with Gasteiger partial charge < -0.3 is 10.0 Å². The first-order chi connectivity index (χ1) is 8.22. The zero-order valence-electron chi connectivity index (χ0n) is 11.2. The molecule has 1 saturated heterocycles. The number of hydrogen-bond acceptors (Lipinski definition) is 2. The normalized spacial score (nSPS) is 22.3. The van der Waals surface area contributed by atoms with Crippen LogP contribution in [0.2, 0.25) is 0 Å². The van der Waals surface area contributed by atoms with E-state index < -0.39 is 5.97 Å².